The number of ether oxygens (including phenoxy) is 1. The zero-order valence-electron chi connectivity index (χ0n) is 19.0. The summed E-state index contributed by atoms with van der Waals surface area (Å²) in [4.78, 5) is 29.0. The van der Waals surface area contributed by atoms with Gasteiger partial charge in [-0.2, -0.15) is 5.10 Å². The van der Waals surface area contributed by atoms with Crippen molar-refractivity contribution in [1.29, 1.82) is 0 Å². The number of rotatable bonds is 8. The largest absolute Gasteiger partial charge is 0.383 e. The number of methoxy groups -OCH3 is 1. The minimum absolute atomic E-state index is 0.0551. The number of hydrazone groups is 1. The minimum Gasteiger partial charge on any atom is -0.383 e. The first-order valence-electron chi connectivity index (χ1n) is 10.6. The molecule has 1 aromatic heterocycles. The Labute approximate surface area is 198 Å². The van der Waals surface area contributed by atoms with Gasteiger partial charge in [-0.3, -0.25) is 9.59 Å². The molecule has 0 radical (unpaired) electrons. The van der Waals surface area contributed by atoms with E-state index in [1.54, 1.807) is 23.3 Å². The molecule has 0 spiro atoms. The molecule has 3 rings (SSSR count). The SMILES string of the molecule is COCCN(CC(=O)N1N=C(c2cccs2)C[C@H]1c1ccccc1Cl)C(=O)CC(C)(C)C. The van der Waals surface area contributed by atoms with E-state index < -0.39 is 0 Å². The van der Waals surface area contributed by atoms with E-state index in [4.69, 9.17) is 16.3 Å². The molecule has 0 bridgehead atoms. The second kappa shape index (κ2) is 10.6. The van der Waals surface area contributed by atoms with Crippen molar-refractivity contribution in [3.63, 3.8) is 0 Å². The van der Waals surface area contributed by atoms with Gasteiger partial charge in [0.05, 0.1) is 23.2 Å². The van der Waals surface area contributed by atoms with Crippen LogP contribution in [-0.2, 0) is 14.3 Å². The summed E-state index contributed by atoms with van der Waals surface area (Å²) in [6, 6.07) is 11.2. The van der Waals surface area contributed by atoms with Crippen LogP contribution < -0.4 is 0 Å². The lowest BCUT2D eigenvalue weighted by Gasteiger charge is -2.29. The predicted molar refractivity (Wildman–Crippen MR) is 129 cm³/mol. The van der Waals surface area contributed by atoms with Gasteiger partial charge in [0.25, 0.3) is 5.91 Å². The maximum absolute atomic E-state index is 13.4. The Kier molecular flexibility index (Phi) is 8.09. The summed E-state index contributed by atoms with van der Waals surface area (Å²) in [6.07, 6.45) is 0.922. The van der Waals surface area contributed by atoms with E-state index in [-0.39, 0.29) is 29.8 Å². The van der Waals surface area contributed by atoms with E-state index in [2.05, 4.69) is 5.10 Å². The molecule has 1 aromatic carbocycles. The number of carbonyl (C=O) groups excluding carboxylic acids is 2. The van der Waals surface area contributed by atoms with Crippen molar-refractivity contribution >= 4 is 40.5 Å². The van der Waals surface area contributed by atoms with Gasteiger partial charge in [0.1, 0.15) is 6.54 Å². The van der Waals surface area contributed by atoms with E-state index in [9.17, 15) is 9.59 Å². The summed E-state index contributed by atoms with van der Waals surface area (Å²) < 4.78 is 5.17. The first-order valence-corrected chi connectivity index (χ1v) is 11.9. The van der Waals surface area contributed by atoms with Gasteiger partial charge >= 0.3 is 0 Å². The van der Waals surface area contributed by atoms with Gasteiger partial charge in [-0.15, -0.1) is 11.3 Å². The fraction of sp³-hybridized carbons (Fsp3) is 0.458. The summed E-state index contributed by atoms with van der Waals surface area (Å²) in [5.41, 5.74) is 1.52. The number of hydrogen-bond donors (Lipinski definition) is 0. The summed E-state index contributed by atoms with van der Waals surface area (Å²) in [5, 5.41) is 8.77. The number of benzene rings is 1. The van der Waals surface area contributed by atoms with Crippen molar-refractivity contribution in [1.82, 2.24) is 9.91 Å². The summed E-state index contributed by atoms with van der Waals surface area (Å²) in [5.74, 6) is -0.307. The zero-order chi connectivity index (χ0) is 23.3. The van der Waals surface area contributed by atoms with Gasteiger partial charge in [-0.25, -0.2) is 5.01 Å². The molecule has 2 aromatic rings. The number of thiophene rings is 1. The monoisotopic (exact) mass is 475 g/mol. The van der Waals surface area contributed by atoms with Crippen molar-refractivity contribution in [3.8, 4) is 0 Å². The van der Waals surface area contributed by atoms with Crippen LogP contribution in [0.4, 0.5) is 0 Å². The summed E-state index contributed by atoms with van der Waals surface area (Å²) in [7, 11) is 1.58. The van der Waals surface area contributed by atoms with E-state index >= 15 is 0 Å². The fourth-order valence-electron chi connectivity index (χ4n) is 3.61. The third-order valence-electron chi connectivity index (χ3n) is 5.16. The van der Waals surface area contributed by atoms with Crippen LogP contribution in [0.1, 0.15) is 50.1 Å². The number of halogens is 1. The standard InChI is InChI=1S/C24H30ClN3O3S/c1-24(2,3)15-22(29)27(11-12-31-4)16-23(30)28-20(17-8-5-6-9-18(17)25)14-19(26-28)21-10-7-13-32-21/h5-10,13,20H,11-12,14-16H2,1-4H3/t20-/m0/s1. The molecule has 0 saturated heterocycles. The molecule has 6 nitrogen and oxygen atoms in total. The molecule has 2 amide bonds. The Bertz CT molecular complexity index is 969. The zero-order valence-corrected chi connectivity index (χ0v) is 20.6. The van der Waals surface area contributed by atoms with Gasteiger partial charge in [0.2, 0.25) is 5.91 Å². The second-order valence-electron chi connectivity index (χ2n) is 9.05. The molecule has 172 valence electrons. The summed E-state index contributed by atoms with van der Waals surface area (Å²) >= 11 is 8.07. The molecule has 1 atom stereocenters. The van der Waals surface area contributed by atoms with Crippen LogP contribution in [0.2, 0.25) is 5.02 Å². The predicted octanol–water partition coefficient (Wildman–Crippen LogP) is 4.99. The average molecular weight is 476 g/mol. The molecule has 8 heteroatoms. The van der Waals surface area contributed by atoms with E-state index in [1.165, 1.54) is 5.01 Å². The highest BCUT2D eigenvalue weighted by Crippen LogP contribution is 2.37. The highest BCUT2D eigenvalue weighted by Gasteiger charge is 2.35. The van der Waals surface area contributed by atoms with Gasteiger partial charge in [0, 0.05) is 31.5 Å². The molecule has 0 aliphatic carbocycles. The number of amides is 2. The van der Waals surface area contributed by atoms with Crippen LogP contribution in [0.25, 0.3) is 0 Å². The first-order chi connectivity index (χ1) is 15.2. The maximum Gasteiger partial charge on any atom is 0.262 e. The Balaban J connectivity index is 1.86. The second-order valence-corrected chi connectivity index (χ2v) is 10.4. The van der Waals surface area contributed by atoms with Crippen molar-refractivity contribution in [2.24, 2.45) is 10.5 Å². The molecule has 0 N–H and O–H groups in total. The molecule has 0 fully saturated rings. The van der Waals surface area contributed by atoms with Crippen LogP contribution in [0.3, 0.4) is 0 Å². The lowest BCUT2D eigenvalue weighted by Crippen LogP contribution is -2.43. The minimum atomic E-state index is -0.310. The third-order valence-corrected chi connectivity index (χ3v) is 6.42. The summed E-state index contributed by atoms with van der Waals surface area (Å²) in [6.45, 7) is 6.68. The Morgan fingerprint density at radius 1 is 1.25 bits per heavy atom. The normalized spacial score (nSPS) is 16.2. The lowest BCUT2D eigenvalue weighted by atomic mass is 9.91. The van der Waals surface area contributed by atoms with Crippen LogP contribution in [0.15, 0.2) is 46.9 Å². The van der Waals surface area contributed by atoms with Crippen LogP contribution in [0, 0.1) is 5.41 Å². The van der Waals surface area contributed by atoms with Crippen LogP contribution in [0.5, 0.6) is 0 Å². The molecule has 1 aliphatic rings. The lowest BCUT2D eigenvalue weighted by molar-refractivity contribution is -0.143. The first kappa shape index (κ1) is 24.4. The fourth-order valence-corrected chi connectivity index (χ4v) is 4.60. The van der Waals surface area contributed by atoms with E-state index in [1.807, 2.05) is 62.5 Å². The Hall–Kier alpha value is -2.22. The highest BCUT2D eigenvalue weighted by molar-refractivity contribution is 7.12. The van der Waals surface area contributed by atoms with E-state index in [0.29, 0.717) is 31.0 Å². The van der Waals surface area contributed by atoms with Gasteiger partial charge in [-0.05, 0) is 28.5 Å². The number of carbonyl (C=O) groups is 2. The molecule has 32 heavy (non-hydrogen) atoms. The van der Waals surface area contributed by atoms with Crippen LogP contribution in [-0.4, -0.2) is 54.2 Å². The average Bonchev–Trinajstić information content (AvgIpc) is 3.39. The van der Waals surface area contributed by atoms with Crippen molar-refractivity contribution in [2.45, 2.75) is 39.7 Å². The van der Waals surface area contributed by atoms with Gasteiger partial charge < -0.3 is 9.64 Å². The molecule has 2 heterocycles. The smallest absolute Gasteiger partial charge is 0.262 e. The topological polar surface area (TPSA) is 62.2 Å². The van der Waals surface area contributed by atoms with Crippen molar-refractivity contribution in [3.05, 3.63) is 57.2 Å². The van der Waals surface area contributed by atoms with Crippen molar-refractivity contribution < 1.29 is 14.3 Å². The molecule has 1 aliphatic heterocycles. The molecular weight excluding hydrogens is 446 g/mol. The third kappa shape index (κ3) is 6.18. The van der Waals surface area contributed by atoms with Gasteiger partial charge in [0.15, 0.2) is 0 Å². The maximum atomic E-state index is 13.4. The van der Waals surface area contributed by atoms with Crippen LogP contribution >= 0.6 is 22.9 Å². The Morgan fingerprint density at radius 2 is 2.00 bits per heavy atom. The molecule has 0 saturated carbocycles. The quantitative estimate of drug-likeness (QED) is 0.540. The number of hydrogen-bond acceptors (Lipinski definition) is 5. The number of nitrogens with zero attached hydrogens (tertiary/aromatic N) is 3. The Morgan fingerprint density at radius 3 is 2.62 bits per heavy atom. The molecular formula is C24H30ClN3O3S. The highest BCUT2D eigenvalue weighted by atomic mass is 35.5. The van der Waals surface area contributed by atoms with Gasteiger partial charge in [-0.1, -0.05) is 56.6 Å². The van der Waals surface area contributed by atoms with Crippen molar-refractivity contribution in [2.75, 3.05) is 26.8 Å². The molecule has 0 unspecified atom stereocenters. The van der Waals surface area contributed by atoms with E-state index in [0.717, 1.165) is 16.2 Å².